The summed E-state index contributed by atoms with van der Waals surface area (Å²) in [4.78, 5) is 0. The van der Waals surface area contributed by atoms with Crippen molar-refractivity contribution in [3.8, 4) is 5.88 Å². The zero-order chi connectivity index (χ0) is 9.80. The highest BCUT2D eigenvalue weighted by molar-refractivity contribution is 5.26. The van der Waals surface area contributed by atoms with Crippen LogP contribution in [0.25, 0.3) is 0 Å². The molecule has 0 bridgehead atoms. The van der Waals surface area contributed by atoms with Crippen LogP contribution in [0.1, 0.15) is 24.6 Å². The Morgan fingerprint density at radius 2 is 2.43 bits per heavy atom. The Morgan fingerprint density at radius 1 is 1.50 bits per heavy atom. The molecule has 4 heteroatoms. The van der Waals surface area contributed by atoms with Gasteiger partial charge in [0.05, 0.1) is 12.3 Å². The van der Waals surface area contributed by atoms with Crippen molar-refractivity contribution < 1.29 is 4.74 Å². The van der Waals surface area contributed by atoms with Crippen LogP contribution in [0.3, 0.4) is 0 Å². The maximum Gasteiger partial charge on any atom is 0.233 e. The van der Waals surface area contributed by atoms with E-state index < -0.39 is 0 Å². The van der Waals surface area contributed by atoms with Gasteiger partial charge in [-0.1, -0.05) is 6.92 Å². The van der Waals surface area contributed by atoms with E-state index in [0.717, 1.165) is 31.6 Å². The predicted molar refractivity (Wildman–Crippen MR) is 53.2 cm³/mol. The summed E-state index contributed by atoms with van der Waals surface area (Å²) in [7, 11) is 0. The summed E-state index contributed by atoms with van der Waals surface area (Å²) in [5, 5.41) is 11.5. The second kappa shape index (κ2) is 4.37. The van der Waals surface area contributed by atoms with Crippen LogP contribution < -0.4 is 10.1 Å². The predicted octanol–water partition coefficient (Wildman–Crippen LogP) is 0.911. The smallest absolute Gasteiger partial charge is 0.233 e. The lowest BCUT2D eigenvalue weighted by molar-refractivity contribution is 0.300. The van der Waals surface area contributed by atoms with E-state index in [1.165, 1.54) is 5.56 Å². The van der Waals surface area contributed by atoms with Crippen molar-refractivity contribution in [2.24, 2.45) is 0 Å². The number of aromatic nitrogens is 2. The molecule has 1 N–H and O–H groups in total. The summed E-state index contributed by atoms with van der Waals surface area (Å²) in [6, 6.07) is 1.99. The Kier molecular flexibility index (Phi) is 2.93. The SMILES string of the molecule is CCCOc1cc2c(nn1)CCNC2. The van der Waals surface area contributed by atoms with Gasteiger partial charge in [0, 0.05) is 25.6 Å². The van der Waals surface area contributed by atoms with Crippen molar-refractivity contribution in [1.29, 1.82) is 0 Å². The van der Waals surface area contributed by atoms with E-state index >= 15 is 0 Å². The molecule has 0 aliphatic carbocycles. The number of nitrogens with one attached hydrogen (secondary N) is 1. The lowest BCUT2D eigenvalue weighted by Gasteiger charge is -2.15. The molecule has 0 saturated carbocycles. The molecule has 14 heavy (non-hydrogen) atoms. The van der Waals surface area contributed by atoms with Crippen molar-refractivity contribution in [3.63, 3.8) is 0 Å². The molecule has 2 rings (SSSR count). The van der Waals surface area contributed by atoms with Gasteiger partial charge in [-0.25, -0.2) is 0 Å². The van der Waals surface area contributed by atoms with Crippen LogP contribution in [0.5, 0.6) is 5.88 Å². The van der Waals surface area contributed by atoms with Crippen LogP contribution in [0, 0.1) is 0 Å². The van der Waals surface area contributed by atoms with Crippen LogP contribution in [-0.4, -0.2) is 23.3 Å². The zero-order valence-electron chi connectivity index (χ0n) is 8.42. The van der Waals surface area contributed by atoms with Crippen molar-refractivity contribution >= 4 is 0 Å². The maximum atomic E-state index is 5.42. The summed E-state index contributed by atoms with van der Waals surface area (Å²) in [6.07, 6.45) is 1.97. The first kappa shape index (κ1) is 9.40. The van der Waals surface area contributed by atoms with Crippen molar-refractivity contribution in [2.75, 3.05) is 13.2 Å². The van der Waals surface area contributed by atoms with E-state index in [4.69, 9.17) is 4.74 Å². The number of ether oxygens (including phenoxy) is 1. The van der Waals surface area contributed by atoms with Gasteiger partial charge in [-0.3, -0.25) is 0 Å². The first-order valence-electron chi connectivity index (χ1n) is 5.09. The minimum atomic E-state index is 0.648. The number of hydrogen-bond acceptors (Lipinski definition) is 4. The molecule has 1 aromatic rings. The van der Waals surface area contributed by atoms with E-state index in [1.54, 1.807) is 0 Å². The Balaban J connectivity index is 2.12. The van der Waals surface area contributed by atoms with E-state index in [9.17, 15) is 0 Å². The molecule has 0 saturated heterocycles. The fraction of sp³-hybridized carbons (Fsp3) is 0.600. The molecule has 1 aliphatic rings. The van der Waals surface area contributed by atoms with Gasteiger partial charge in [0.25, 0.3) is 0 Å². The van der Waals surface area contributed by atoms with Gasteiger partial charge in [0.1, 0.15) is 0 Å². The summed E-state index contributed by atoms with van der Waals surface area (Å²) >= 11 is 0. The van der Waals surface area contributed by atoms with Gasteiger partial charge in [-0.05, 0) is 12.0 Å². The van der Waals surface area contributed by atoms with Gasteiger partial charge >= 0.3 is 0 Å². The highest BCUT2D eigenvalue weighted by Crippen LogP contribution is 2.15. The van der Waals surface area contributed by atoms with Gasteiger partial charge < -0.3 is 10.1 Å². The number of nitrogens with zero attached hydrogens (tertiary/aromatic N) is 2. The van der Waals surface area contributed by atoms with E-state index in [-0.39, 0.29) is 0 Å². The van der Waals surface area contributed by atoms with Gasteiger partial charge in [-0.2, -0.15) is 5.10 Å². The average Bonchev–Trinajstić information content (AvgIpc) is 2.26. The molecular weight excluding hydrogens is 178 g/mol. The molecular formula is C10H15N3O. The molecule has 0 amide bonds. The minimum absolute atomic E-state index is 0.648. The van der Waals surface area contributed by atoms with Crippen LogP contribution in [0.4, 0.5) is 0 Å². The largest absolute Gasteiger partial charge is 0.477 e. The lowest BCUT2D eigenvalue weighted by Crippen LogP contribution is -2.25. The quantitative estimate of drug-likeness (QED) is 0.775. The summed E-state index contributed by atoms with van der Waals surface area (Å²) < 4.78 is 5.42. The van der Waals surface area contributed by atoms with E-state index in [0.29, 0.717) is 12.5 Å². The van der Waals surface area contributed by atoms with Crippen LogP contribution >= 0.6 is 0 Å². The van der Waals surface area contributed by atoms with Gasteiger partial charge in [0.2, 0.25) is 5.88 Å². The number of fused-ring (bicyclic) bond motifs is 1. The van der Waals surface area contributed by atoms with E-state index in [2.05, 4.69) is 22.4 Å². The average molecular weight is 193 g/mol. The molecule has 4 nitrogen and oxygen atoms in total. The molecule has 0 unspecified atom stereocenters. The highest BCUT2D eigenvalue weighted by Gasteiger charge is 2.11. The normalized spacial score (nSPS) is 14.9. The monoisotopic (exact) mass is 193 g/mol. The molecule has 2 heterocycles. The fourth-order valence-electron chi connectivity index (χ4n) is 1.51. The Labute approximate surface area is 83.7 Å². The molecule has 76 valence electrons. The molecule has 0 fully saturated rings. The second-order valence-corrected chi connectivity index (χ2v) is 3.43. The second-order valence-electron chi connectivity index (χ2n) is 3.43. The van der Waals surface area contributed by atoms with Gasteiger partial charge in [0.15, 0.2) is 0 Å². The fourth-order valence-corrected chi connectivity index (χ4v) is 1.51. The third-order valence-electron chi connectivity index (χ3n) is 2.25. The van der Waals surface area contributed by atoms with Crippen LogP contribution in [-0.2, 0) is 13.0 Å². The topological polar surface area (TPSA) is 47.0 Å². The summed E-state index contributed by atoms with van der Waals surface area (Å²) in [5.74, 6) is 0.648. The summed E-state index contributed by atoms with van der Waals surface area (Å²) in [5.41, 5.74) is 2.32. The molecule has 0 aromatic carbocycles. The lowest BCUT2D eigenvalue weighted by atomic mass is 10.1. The Bertz CT molecular complexity index is 314. The Hall–Kier alpha value is -1.16. The van der Waals surface area contributed by atoms with Gasteiger partial charge in [-0.15, -0.1) is 5.10 Å². The Morgan fingerprint density at radius 3 is 3.29 bits per heavy atom. The van der Waals surface area contributed by atoms with Crippen LogP contribution in [0.15, 0.2) is 6.07 Å². The van der Waals surface area contributed by atoms with E-state index in [1.807, 2.05) is 6.07 Å². The molecule has 0 radical (unpaired) electrons. The minimum Gasteiger partial charge on any atom is -0.477 e. The number of hydrogen-bond donors (Lipinski definition) is 1. The first-order valence-corrected chi connectivity index (χ1v) is 5.09. The highest BCUT2D eigenvalue weighted by atomic mass is 16.5. The standard InChI is InChI=1S/C10H15N3O/c1-2-5-14-10-6-8-7-11-4-3-9(8)12-13-10/h6,11H,2-5,7H2,1H3. The molecule has 1 aliphatic heterocycles. The molecule has 1 aromatic heterocycles. The molecule has 0 spiro atoms. The summed E-state index contributed by atoms with van der Waals surface area (Å²) in [6.45, 7) is 4.67. The maximum absolute atomic E-state index is 5.42. The zero-order valence-corrected chi connectivity index (χ0v) is 8.42. The third kappa shape index (κ3) is 2.01. The van der Waals surface area contributed by atoms with Crippen LogP contribution in [0.2, 0.25) is 0 Å². The first-order chi connectivity index (χ1) is 6.90. The number of rotatable bonds is 3. The van der Waals surface area contributed by atoms with Crippen molar-refractivity contribution in [1.82, 2.24) is 15.5 Å². The third-order valence-corrected chi connectivity index (χ3v) is 2.25. The van der Waals surface area contributed by atoms with Crippen molar-refractivity contribution in [2.45, 2.75) is 26.3 Å². The molecule has 0 atom stereocenters. The van der Waals surface area contributed by atoms with Crippen molar-refractivity contribution in [3.05, 3.63) is 17.3 Å².